The van der Waals surface area contributed by atoms with E-state index in [-0.39, 0.29) is 35.4 Å². The maximum absolute atomic E-state index is 12.4. The first-order valence-corrected chi connectivity index (χ1v) is 8.37. The molecule has 1 N–H and O–H groups in total. The second kappa shape index (κ2) is 7.69. The van der Waals surface area contributed by atoms with Gasteiger partial charge < -0.3 is 9.84 Å². The SMILES string of the molecule is CCOc1cc(/C=C2\C(=O)N(CCC#N)N=C2C)c(Cl)c(Br)c1O. The Morgan fingerprint density at radius 3 is 2.92 bits per heavy atom. The van der Waals surface area contributed by atoms with E-state index in [9.17, 15) is 9.90 Å². The molecule has 126 valence electrons. The number of ether oxygens (including phenoxy) is 1. The first-order chi connectivity index (χ1) is 11.4. The number of hydrogen-bond acceptors (Lipinski definition) is 5. The van der Waals surface area contributed by atoms with Crippen LogP contribution in [0.4, 0.5) is 0 Å². The lowest BCUT2D eigenvalue weighted by atomic mass is 10.1. The number of rotatable bonds is 5. The van der Waals surface area contributed by atoms with Crippen molar-refractivity contribution < 1.29 is 14.6 Å². The molecule has 1 aromatic rings. The van der Waals surface area contributed by atoms with Gasteiger partial charge in [0.1, 0.15) is 0 Å². The van der Waals surface area contributed by atoms with E-state index in [2.05, 4.69) is 21.0 Å². The molecule has 0 aromatic heterocycles. The fourth-order valence-corrected chi connectivity index (χ4v) is 2.81. The minimum absolute atomic E-state index is 0.0946. The maximum atomic E-state index is 12.4. The molecule has 2 rings (SSSR count). The molecule has 1 aliphatic rings. The third-order valence-electron chi connectivity index (χ3n) is 3.33. The van der Waals surface area contributed by atoms with Crippen LogP contribution in [0.3, 0.4) is 0 Å². The molecule has 24 heavy (non-hydrogen) atoms. The number of amides is 1. The zero-order chi connectivity index (χ0) is 17.9. The van der Waals surface area contributed by atoms with Crippen LogP contribution in [0.15, 0.2) is 21.2 Å². The molecule has 1 heterocycles. The Morgan fingerprint density at radius 2 is 2.29 bits per heavy atom. The first kappa shape index (κ1) is 18.3. The van der Waals surface area contributed by atoms with E-state index in [1.165, 1.54) is 5.01 Å². The topological polar surface area (TPSA) is 85.9 Å². The highest BCUT2D eigenvalue weighted by Gasteiger charge is 2.27. The molecule has 0 saturated carbocycles. The molecule has 0 fully saturated rings. The zero-order valence-electron chi connectivity index (χ0n) is 13.1. The van der Waals surface area contributed by atoms with Crippen LogP contribution in [0, 0.1) is 11.3 Å². The van der Waals surface area contributed by atoms with Gasteiger partial charge in [0.2, 0.25) is 0 Å². The van der Waals surface area contributed by atoms with Gasteiger partial charge in [0.05, 0.1) is 46.4 Å². The van der Waals surface area contributed by atoms with E-state index in [1.807, 2.05) is 6.07 Å². The lowest BCUT2D eigenvalue weighted by molar-refractivity contribution is -0.125. The summed E-state index contributed by atoms with van der Waals surface area (Å²) >= 11 is 9.47. The number of carbonyl (C=O) groups excluding carboxylic acids is 1. The summed E-state index contributed by atoms with van der Waals surface area (Å²) in [7, 11) is 0. The summed E-state index contributed by atoms with van der Waals surface area (Å²) in [6.07, 6.45) is 1.80. The van der Waals surface area contributed by atoms with Crippen molar-refractivity contribution in [3.63, 3.8) is 0 Å². The summed E-state index contributed by atoms with van der Waals surface area (Å²) in [5.41, 5.74) is 1.44. The summed E-state index contributed by atoms with van der Waals surface area (Å²) in [5, 5.41) is 24.4. The number of carbonyl (C=O) groups is 1. The normalized spacial score (nSPS) is 15.6. The molecule has 8 heteroatoms. The van der Waals surface area contributed by atoms with Crippen molar-refractivity contribution in [1.82, 2.24) is 5.01 Å². The Bertz CT molecular complexity index is 784. The van der Waals surface area contributed by atoms with Crippen molar-refractivity contribution in [2.45, 2.75) is 20.3 Å². The van der Waals surface area contributed by atoms with Crippen molar-refractivity contribution in [3.8, 4) is 17.6 Å². The number of phenolic OH excluding ortho intramolecular Hbond substituents is 1. The van der Waals surface area contributed by atoms with Gasteiger partial charge in [-0.15, -0.1) is 0 Å². The molecule has 0 saturated heterocycles. The Balaban J connectivity index is 2.43. The summed E-state index contributed by atoms with van der Waals surface area (Å²) in [5.74, 6) is -0.120. The van der Waals surface area contributed by atoms with Crippen LogP contribution < -0.4 is 4.74 Å². The summed E-state index contributed by atoms with van der Waals surface area (Å²) in [6, 6.07) is 3.55. The Kier molecular flexibility index (Phi) is 5.86. The molecule has 0 unspecified atom stereocenters. The highest BCUT2D eigenvalue weighted by atomic mass is 79.9. The molecular formula is C16H15BrClN3O3. The van der Waals surface area contributed by atoms with Crippen LogP contribution >= 0.6 is 27.5 Å². The van der Waals surface area contributed by atoms with Gasteiger partial charge in [-0.25, -0.2) is 5.01 Å². The standard InChI is InChI=1S/C16H15BrClN3O3/c1-3-24-12-8-10(14(18)13(17)15(12)22)7-11-9(2)20-21(16(11)23)6-4-5-19/h7-8,22H,3-4,6H2,1-2H3/b11-7-. The number of nitrogens with zero attached hydrogens (tertiary/aromatic N) is 3. The number of aromatic hydroxyl groups is 1. The number of nitriles is 1. The van der Waals surface area contributed by atoms with Crippen molar-refractivity contribution >= 4 is 45.2 Å². The van der Waals surface area contributed by atoms with Gasteiger partial charge in [-0.05, 0) is 47.5 Å². The number of phenols is 1. The lowest BCUT2D eigenvalue weighted by Crippen LogP contribution is -2.23. The van der Waals surface area contributed by atoms with Gasteiger partial charge in [0, 0.05) is 0 Å². The third kappa shape index (κ3) is 3.55. The fourth-order valence-electron chi connectivity index (χ4n) is 2.19. The molecule has 1 aromatic carbocycles. The largest absolute Gasteiger partial charge is 0.503 e. The van der Waals surface area contributed by atoms with Crippen LogP contribution in [-0.4, -0.2) is 34.9 Å². The van der Waals surface area contributed by atoms with E-state index >= 15 is 0 Å². The lowest BCUT2D eigenvalue weighted by Gasteiger charge is -2.12. The molecule has 6 nitrogen and oxygen atoms in total. The van der Waals surface area contributed by atoms with Crippen molar-refractivity contribution in [2.24, 2.45) is 5.10 Å². The van der Waals surface area contributed by atoms with Gasteiger partial charge in [-0.1, -0.05) is 11.6 Å². The number of benzene rings is 1. The van der Waals surface area contributed by atoms with E-state index in [0.717, 1.165) is 0 Å². The summed E-state index contributed by atoms with van der Waals surface area (Å²) in [6.45, 7) is 4.12. The molecule has 0 bridgehead atoms. The van der Waals surface area contributed by atoms with E-state index < -0.39 is 0 Å². The molecule has 1 aliphatic heterocycles. The van der Waals surface area contributed by atoms with E-state index in [4.69, 9.17) is 21.6 Å². The highest BCUT2D eigenvalue weighted by Crippen LogP contribution is 2.42. The van der Waals surface area contributed by atoms with Crippen LogP contribution in [0.5, 0.6) is 11.5 Å². The summed E-state index contributed by atoms with van der Waals surface area (Å²) < 4.78 is 5.67. The predicted octanol–water partition coefficient (Wildman–Crippen LogP) is 3.72. The van der Waals surface area contributed by atoms with Gasteiger partial charge in [-0.3, -0.25) is 4.79 Å². The van der Waals surface area contributed by atoms with Crippen LogP contribution in [0.1, 0.15) is 25.8 Å². The highest BCUT2D eigenvalue weighted by molar-refractivity contribution is 9.10. The molecule has 0 radical (unpaired) electrons. The number of halogens is 2. The second-order valence-corrected chi connectivity index (χ2v) is 6.12. The monoisotopic (exact) mass is 411 g/mol. The van der Waals surface area contributed by atoms with Crippen LogP contribution in [-0.2, 0) is 4.79 Å². The number of hydrogen-bond donors (Lipinski definition) is 1. The quantitative estimate of drug-likeness (QED) is 0.747. The zero-order valence-corrected chi connectivity index (χ0v) is 15.5. The Hall–Kier alpha value is -2.04. The third-order valence-corrected chi connectivity index (χ3v) is 4.74. The maximum Gasteiger partial charge on any atom is 0.275 e. The average molecular weight is 413 g/mol. The van der Waals surface area contributed by atoms with Crippen molar-refractivity contribution in [3.05, 3.63) is 26.7 Å². The van der Waals surface area contributed by atoms with Crippen LogP contribution in [0.25, 0.3) is 6.08 Å². The molecule has 0 aliphatic carbocycles. The minimum Gasteiger partial charge on any atom is -0.503 e. The second-order valence-electron chi connectivity index (χ2n) is 4.95. The molecule has 1 amide bonds. The molecule has 0 spiro atoms. The van der Waals surface area contributed by atoms with Crippen molar-refractivity contribution in [1.29, 1.82) is 5.26 Å². The average Bonchev–Trinajstić information content (AvgIpc) is 2.82. The van der Waals surface area contributed by atoms with E-state index in [1.54, 1.807) is 26.0 Å². The predicted molar refractivity (Wildman–Crippen MR) is 95.0 cm³/mol. The molecule has 0 atom stereocenters. The number of hydrazone groups is 1. The first-order valence-electron chi connectivity index (χ1n) is 7.20. The smallest absolute Gasteiger partial charge is 0.275 e. The Labute approximate surface area is 153 Å². The minimum atomic E-state index is -0.291. The van der Waals surface area contributed by atoms with Gasteiger partial charge in [-0.2, -0.15) is 10.4 Å². The molecular weight excluding hydrogens is 398 g/mol. The van der Waals surface area contributed by atoms with Gasteiger partial charge >= 0.3 is 0 Å². The Morgan fingerprint density at radius 1 is 1.58 bits per heavy atom. The van der Waals surface area contributed by atoms with E-state index in [0.29, 0.717) is 27.9 Å². The van der Waals surface area contributed by atoms with Crippen LogP contribution in [0.2, 0.25) is 5.02 Å². The van der Waals surface area contributed by atoms with Gasteiger partial charge in [0.15, 0.2) is 11.5 Å². The summed E-state index contributed by atoms with van der Waals surface area (Å²) in [4.78, 5) is 12.4. The van der Waals surface area contributed by atoms with Crippen molar-refractivity contribution in [2.75, 3.05) is 13.2 Å². The van der Waals surface area contributed by atoms with Gasteiger partial charge in [0.25, 0.3) is 5.91 Å². The fraction of sp³-hybridized carbons (Fsp3) is 0.312.